The van der Waals surface area contributed by atoms with E-state index in [-0.39, 0.29) is 0 Å². The zero-order valence-corrected chi connectivity index (χ0v) is 17.1. The molecule has 3 aromatic rings. The Balaban J connectivity index is 1.74. The third kappa shape index (κ3) is 4.79. The number of aromatic nitrogens is 1. The zero-order chi connectivity index (χ0) is 19.9. The molecular weight excluding hydrogens is 366 g/mol. The van der Waals surface area contributed by atoms with E-state index in [0.29, 0.717) is 23.1 Å². The van der Waals surface area contributed by atoms with Crippen LogP contribution in [-0.4, -0.2) is 11.6 Å². The Labute approximate surface area is 170 Å². The lowest BCUT2D eigenvalue weighted by atomic mass is 10.0. The average molecular weight is 390 g/mol. The van der Waals surface area contributed by atoms with Gasteiger partial charge in [-0.2, -0.15) is 5.26 Å². The summed E-state index contributed by atoms with van der Waals surface area (Å²) in [6.07, 6.45) is 1.71. The number of thiazole rings is 1. The summed E-state index contributed by atoms with van der Waals surface area (Å²) in [5.41, 5.74) is 4.59. The minimum absolute atomic E-state index is 0.496. The number of ether oxygens (including phenoxy) is 1. The van der Waals surface area contributed by atoms with Gasteiger partial charge in [0, 0.05) is 22.8 Å². The maximum atomic E-state index is 9.54. The number of benzene rings is 2. The van der Waals surface area contributed by atoms with Gasteiger partial charge in [-0.3, -0.25) is 0 Å². The molecule has 0 bridgehead atoms. The molecule has 0 radical (unpaired) electrons. The third-order valence-electron chi connectivity index (χ3n) is 4.28. The Kier molecular flexibility index (Phi) is 6.46. The number of hydrogen-bond donors (Lipinski definition) is 1. The van der Waals surface area contributed by atoms with Crippen LogP contribution in [0.2, 0.25) is 0 Å². The first-order valence-corrected chi connectivity index (χ1v) is 10.1. The van der Waals surface area contributed by atoms with Gasteiger partial charge >= 0.3 is 0 Å². The Hall–Kier alpha value is -3.10. The molecule has 0 aliphatic heterocycles. The van der Waals surface area contributed by atoms with Crippen molar-refractivity contribution in [3.05, 3.63) is 70.7 Å². The molecule has 142 valence electrons. The summed E-state index contributed by atoms with van der Waals surface area (Å²) in [7, 11) is 0. The molecule has 0 aliphatic rings. The fraction of sp³-hybridized carbons (Fsp3) is 0.217. The van der Waals surface area contributed by atoms with Crippen molar-refractivity contribution < 1.29 is 4.74 Å². The molecule has 4 nitrogen and oxygen atoms in total. The van der Waals surface area contributed by atoms with Crippen LogP contribution in [0.5, 0.6) is 5.75 Å². The lowest BCUT2D eigenvalue weighted by Gasteiger charge is -2.07. The first kappa shape index (κ1) is 19.7. The van der Waals surface area contributed by atoms with Gasteiger partial charge in [-0.05, 0) is 54.8 Å². The summed E-state index contributed by atoms with van der Waals surface area (Å²) in [5, 5.41) is 15.4. The van der Waals surface area contributed by atoms with Crippen molar-refractivity contribution >= 4 is 22.6 Å². The molecule has 5 heteroatoms. The van der Waals surface area contributed by atoms with Crippen LogP contribution >= 0.6 is 11.3 Å². The van der Waals surface area contributed by atoms with Crippen LogP contribution in [0.1, 0.15) is 37.3 Å². The highest BCUT2D eigenvalue weighted by molar-refractivity contribution is 7.11. The van der Waals surface area contributed by atoms with Gasteiger partial charge < -0.3 is 10.1 Å². The van der Waals surface area contributed by atoms with E-state index in [2.05, 4.69) is 42.4 Å². The Morgan fingerprint density at radius 1 is 1.18 bits per heavy atom. The van der Waals surface area contributed by atoms with Crippen LogP contribution in [0.25, 0.3) is 16.8 Å². The molecule has 1 aromatic heterocycles. The molecule has 0 saturated carbocycles. The maximum Gasteiger partial charge on any atom is 0.136 e. The molecule has 28 heavy (non-hydrogen) atoms. The normalized spacial score (nSPS) is 11.3. The molecule has 0 atom stereocenters. The minimum atomic E-state index is 0.496. The fourth-order valence-electron chi connectivity index (χ4n) is 2.68. The topological polar surface area (TPSA) is 57.9 Å². The van der Waals surface area contributed by atoms with E-state index < -0.39 is 0 Å². The summed E-state index contributed by atoms with van der Waals surface area (Å²) in [6.45, 7) is 6.94. The van der Waals surface area contributed by atoms with Gasteiger partial charge in [-0.15, -0.1) is 11.3 Å². The minimum Gasteiger partial charge on any atom is -0.494 e. The molecule has 1 N–H and O–H groups in total. The monoisotopic (exact) mass is 389 g/mol. The van der Waals surface area contributed by atoms with E-state index in [9.17, 15) is 5.26 Å². The van der Waals surface area contributed by atoms with Gasteiger partial charge in [-0.1, -0.05) is 26.0 Å². The quantitative estimate of drug-likeness (QED) is 0.481. The number of nitriles is 1. The largest absolute Gasteiger partial charge is 0.494 e. The third-order valence-corrected chi connectivity index (χ3v) is 5.15. The van der Waals surface area contributed by atoms with Crippen molar-refractivity contribution in [2.75, 3.05) is 11.9 Å². The molecule has 3 rings (SSSR count). The van der Waals surface area contributed by atoms with E-state index >= 15 is 0 Å². The molecule has 2 aromatic carbocycles. The van der Waals surface area contributed by atoms with E-state index in [1.165, 1.54) is 16.9 Å². The molecule has 0 fully saturated rings. The smallest absolute Gasteiger partial charge is 0.136 e. The van der Waals surface area contributed by atoms with Gasteiger partial charge in [0.05, 0.1) is 12.3 Å². The van der Waals surface area contributed by atoms with E-state index in [1.54, 1.807) is 6.20 Å². The summed E-state index contributed by atoms with van der Waals surface area (Å²) in [5.74, 6) is 1.34. The van der Waals surface area contributed by atoms with Crippen LogP contribution in [0.4, 0.5) is 5.69 Å². The molecule has 0 amide bonds. The van der Waals surface area contributed by atoms with Crippen LogP contribution in [0.15, 0.2) is 60.1 Å². The van der Waals surface area contributed by atoms with E-state index in [1.807, 2.05) is 48.7 Å². The summed E-state index contributed by atoms with van der Waals surface area (Å²) < 4.78 is 5.47. The second kappa shape index (κ2) is 9.20. The average Bonchev–Trinajstić information content (AvgIpc) is 3.20. The van der Waals surface area contributed by atoms with Crippen molar-refractivity contribution in [1.82, 2.24) is 4.98 Å². The lowest BCUT2D eigenvalue weighted by molar-refractivity contribution is 0.340. The molecule has 1 heterocycles. The zero-order valence-electron chi connectivity index (χ0n) is 16.3. The van der Waals surface area contributed by atoms with Crippen molar-refractivity contribution in [3.8, 4) is 23.1 Å². The second-order valence-corrected chi connectivity index (χ2v) is 7.44. The lowest BCUT2D eigenvalue weighted by Crippen LogP contribution is -1.93. The van der Waals surface area contributed by atoms with E-state index in [0.717, 1.165) is 22.7 Å². The fourth-order valence-corrected chi connectivity index (χ4v) is 3.47. The highest BCUT2D eigenvalue weighted by Gasteiger charge is 2.09. The Morgan fingerprint density at radius 3 is 2.50 bits per heavy atom. The summed E-state index contributed by atoms with van der Waals surface area (Å²) in [4.78, 5) is 4.62. The number of anilines is 1. The van der Waals surface area contributed by atoms with Crippen LogP contribution in [0.3, 0.4) is 0 Å². The molecule has 0 aliphatic carbocycles. The number of hydrogen-bond acceptors (Lipinski definition) is 5. The highest BCUT2D eigenvalue weighted by Crippen LogP contribution is 2.27. The molecule has 0 saturated heterocycles. The number of rotatable bonds is 7. The van der Waals surface area contributed by atoms with Gasteiger partial charge in [0.1, 0.15) is 22.4 Å². The van der Waals surface area contributed by atoms with Crippen molar-refractivity contribution in [2.45, 2.75) is 26.7 Å². The Bertz CT molecular complexity index is 980. The first-order chi connectivity index (χ1) is 13.6. The van der Waals surface area contributed by atoms with Crippen molar-refractivity contribution in [1.29, 1.82) is 5.26 Å². The first-order valence-electron chi connectivity index (χ1n) is 9.26. The SMILES string of the molecule is CCOc1ccc(-c2csc(/C(C#N)=C/Nc3ccc(C(C)C)cc3)n2)cc1. The van der Waals surface area contributed by atoms with E-state index in [4.69, 9.17) is 4.74 Å². The summed E-state index contributed by atoms with van der Waals surface area (Å²) >= 11 is 1.46. The van der Waals surface area contributed by atoms with Crippen LogP contribution < -0.4 is 10.1 Å². The predicted octanol–water partition coefficient (Wildman–Crippen LogP) is 6.31. The standard InChI is InChI=1S/C23H23N3OS/c1-4-27-21-11-7-18(8-12-21)22-15-28-23(26-22)19(13-24)14-25-20-9-5-17(6-10-20)16(2)3/h5-12,14-16,25H,4H2,1-3H3/b19-14+. The van der Waals surface area contributed by atoms with Gasteiger partial charge in [-0.25, -0.2) is 4.98 Å². The van der Waals surface area contributed by atoms with Gasteiger partial charge in [0.2, 0.25) is 0 Å². The maximum absolute atomic E-state index is 9.54. The number of nitrogens with zero attached hydrogens (tertiary/aromatic N) is 2. The van der Waals surface area contributed by atoms with Crippen LogP contribution in [-0.2, 0) is 0 Å². The molecular formula is C23H23N3OS. The number of allylic oxidation sites excluding steroid dienone is 1. The summed E-state index contributed by atoms with van der Waals surface area (Å²) in [6, 6.07) is 18.3. The number of nitrogens with one attached hydrogen (secondary N) is 1. The van der Waals surface area contributed by atoms with Crippen LogP contribution in [0, 0.1) is 11.3 Å². The Morgan fingerprint density at radius 2 is 1.89 bits per heavy atom. The molecule has 0 spiro atoms. The predicted molar refractivity (Wildman–Crippen MR) is 116 cm³/mol. The van der Waals surface area contributed by atoms with Gasteiger partial charge in [0.15, 0.2) is 0 Å². The second-order valence-electron chi connectivity index (χ2n) is 6.59. The van der Waals surface area contributed by atoms with Gasteiger partial charge in [0.25, 0.3) is 0 Å². The van der Waals surface area contributed by atoms with Crippen molar-refractivity contribution in [2.24, 2.45) is 0 Å². The van der Waals surface area contributed by atoms with Crippen molar-refractivity contribution in [3.63, 3.8) is 0 Å². The molecule has 0 unspecified atom stereocenters. The highest BCUT2D eigenvalue weighted by atomic mass is 32.1.